The maximum absolute atomic E-state index is 13.0. The molecule has 2 N–H and O–H groups in total. The summed E-state index contributed by atoms with van der Waals surface area (Å²) in [6.45, 7) is 1.45. The van der Waals surface area contributed by atoms with Crippen LogP contribution in [0.3, 0.4) is 0 Å². The van der Waals surface area contributed by atoms with Crippen molar-refractivity contribution in [3.8, 4) is 0 Å². The molecule has 0 radical (unpaired) electrons. The molecular formula is C24H20N6O4. The molecule has 3 amide bonds. The molecule has 10 nitrogen and oxygen atoms in total. The summed E-state index contributed by atoms with van der Waals surface area (Å²) in [5.41, 5.74) is 1.16. The van der Waals surface area contributed by atoms with Gasteiger partial charge in [-0.1, -0.05) is 42.5 Å². The highest BCUT2D eigenvalue weighted by atomic mass is 16.2. The number of nitrogens with zero attached hydrogens (tertiary/aromatic N) is 4. The lowest BCUT2D eigenvalue weighted by atomic mass is 10.1. The molecule has 34 heavy (non-hydrogen) atoms. The molecule has 2 aromatic heterocycles. The van der Waals surface area contributed by atoms with Crippen molar-refractivity contribution in [2.75, 3.05) is 5.32 Å². The van der Waals surface area contributed by atoms with E-state index in [1.807, 2.05) is 30.3 Å². The summed E-state index contributed by atoms with van der Waals surface area (Å²) in [7, 11) is 0. The molecule has 3 heterocycles. The fourth-order valence-electron chi connectivity index (χ4n) is 3.94. The number of hydrogen-bond donors (Lipinski definition) is 2. The van der Waals surface area contributed by atoms with Gasteiger partial charge >= 0.3 is 0 Å². The summed E-state index contributed by atoms with van der Waals surface area (Å²) in [6, 6.07) is 16.3. The number of carbonyl (C=O) groups excluding carboxylic acids is 3. The fourth-order valence-corrected chi connectivity index (χ4v) is 3.94. The van der Waals surface area contributed by atoms with Gasteiger partial charge < -0.3 is 5.32 Å². The predicted octanol–water partition coefficient (Wildman–Crippen LogP) is 1.83. The molecule has 0 saturated heterocycles. The second-order valence-corrected chi connectivity index (χ2v) is 7.96. The van der Waals surface area contributed by atoms with Crippen LogP contribution >= 0.6 is 0 Å². The first kappa shape index (κ1) is 21.3. The maximum Gasteiger partial charge on any atom is 0.262 e. The van der Waals surface area contributed by atoms with Crippen molar-refractivity contribution >= 4 is 29.3 Å². The number of aryl methyl sites for hydroxylation is 2. The van der Waals surface area contributed by atoms with E-state index >= 15 is 0 Å². The van der Waals surface area contributed by atoms with Crippen molar-refractivity contribution in [3.63, 3.8) is 0 Å². The monoisotopic (exact) mass is 456 g/mol. The Balaban J connectivity index is 1.37. The van der Waals surface area contributed by atoms with Gasteiger partial charge in [-0.25, -0.2) is 0 Å². The van der Waals surface area contributed by atoms with Crippen molar-refractivity contribution in [2.24, 2.45) is 0 Å². The highest BCUT2D eigenvalue weighted by Gasteiger charge is 2.40. The number of nitrogens with one attached hydrogen (secondary N) is 2. The number of carbonyl (C=O) groups is 3. The number of aromatic nitrogens is 4. The third-order valence-corrected chi connectivity index (χ3v) is 5.71. The Morgan fingerprint density at radius 3 is 2.29 bits per heavy atom. The fraction of sp³-hybridized carbons (Fsp3) is 0.167. The van der Waals surface area contributed by atoms with Crippen molar-refractivity contribution in [1.29, 1.82) is 0 Å². The first-order valence-corrected chi connectivity index (χ1v) is 10.7. The van der Waals surface area contributed by atoms with E-state index in [4.69, 9.17) is 0 Å². The summed E-state index contributed by atoms with van der Waals surface area (Å²) in [6.07, 6.45) is 1.24. The first-order chi connectivity index (χ1) is 16.4. The van der Waals surface area contributed by atoms with E-state index in [9.17, 15) is 19.2 Å². The average molecular weight is 456 g/mol. The van der Waals surface area contributed by atoms with Gasteiger partial charge in [0, 0.05) is 12.5 Å². The summed E-state index contributed by atoms with van der Waals surface area (Å²) < 4.78 is 1.33. The van der Waals surface area contributed by atoms with E-state index in [1.165, 1.54) is 17.5 Å². The van der Waals surface area contributed by atoms with E-state index in [0.717, 1.165) is 10.5 Å². The Morgan fingerprint density at radius 1 is 0.971 bits per heavy atom. The first-order valence-electron chi connectivity index (χ1n) is 10.7. The van der Waals surface area contributed by atoms with Gasteiger partial charge in [0.2, 0.25) is 11.7 Å². The Bertz CT molecular complexity index is 1460. The lowest BCUT2D eigenvalue weighted by molar-refractivity contribution is -0.119. The van der Waals surface area contributed by atoms with Crippen LogP contribution in [0.2, 0.25) is 0 Å². The summed E-state index contributed by atoms with van der Waals surface area (Å²) >= 11 is 0. The highest BCUT2D eigenvalue weighted by molar-refractivity contribution is 6.23. The van der Waals surface area contributed by atoms with Crippen LogP contribution in [0.1, 0.15) is 39.0 Å². The number of aromatic amines is 1. The van der Waals surface area contributed by atoms with Crippen LogP contribution in [0.25, 0.3) is 5.78 Å². The van der Waals surface area contributed by atoms with Crippen molar-refractivity contribution in [3.05, 3.63) is 93.5 Å². The number of amides is 3. The molecule has 4 aromatic rings. The molecule has 0 bridgehead atoms. The number of imide groups is 1. The molecule has 0 aliphatic carbocycles. The van der Waals surface area contributed by atoms with Crippen molar-refractivity contribution in [2.45, 2.75) is 25.8 Å². The molecule has 1 aliphatic rings. The van der Waals surface area contributed by atoms with Gasteiger partial charge in [-0.15, -0.1) is 5.10 Å². The SMILES string of the molecule is C[C@H](C(=O)Nc1cc(=O)[nH]c2nc(CCc3ccccc3)nn12)N1C(=O)c2ccccc2C1=O. The normalized spacial score (nSPS) is 13.9. The van der Waals surface area contributed by atoms with E-state index < -0.39 is 29.3 Å². The number of benzene rings is 2. The van der Waals surface area contributed by atoms with Gasteiger partial charge in [0.05, 0.1) is 11.1 Å². The van der Waals surface area contributed by atoms with Crippen LogP contribution in [0.15, 0.2) is 65.5 Å². The minimum absolute atomic E-state index is 0.0886. The minimum Gasteiger partial charge on any atom is -0.309 e. The molecular weight excluding hydrogens is 436 g/mol. The van der Waals surface area contributed by atoms with E-state index in [1.54, 1.807) is 24.3 Å². The molecule has 170 valence electrons. The predicted molar refractivity (Wildman–Crippen MR) is 122 cm³/mol. The molecule has 0 spiro atoms. The average Bonchev–Trinajstić information content (AvgIpc) is 3.36. The van der Waals surface area contributed by atoms with E-state index in [2.05, 4.69) is 20.4 Å². The lowest BCUT2D eigenvalue weighted by Gasteiger charge is -2.21. The van der Waals surface area contributed by atoms with Gasteiger partial charge in [-0.2, -0.15) is 9.50 Å². The van der Waals surface area contributed by atoms with Crippen LogP contribution in [-0.2, 0) is 17.6 Å². The standard InChI is InChI=1S/C24H20N6O4/c1-14(29-22(33)16-9-5-6-10-17(16)23(29)34)21(32)26-19-13-20(31)27-24-25-18(28-30(19)24)12-11-15-7-3-2-4-8-15/h2-10,13-14H,11-12H2,1H3,(H,26,32)(H,25,27,28,31)/t14-/m1/s1. The van der Waals surface area contributed by atoms with Crippen molar-refractivity contribution in [1.82, 2.24) is 24.5 Å². The molecule has 5 rings (SSSR count). The van der Waals surface area contributed by atoms with Crippen LogP contribution < -0.4 is 10.9 Å². The molecule has 0 fully saturated rings. The zero-order valence-corrected chi connectivity index (χ0v) is 18.2. The molecule has 1 aliphatic heterocycles. The highest BCUT2D eigenvalue weighted by Crippen LogP contribution is 2.25. The van der Waals surface area contributed by atoms with Gasteiger partial charge in [-0.05, 0) is 31.0 Å². The number of hydrogen-bond acceptors (Lipinski definition) is 6. The molecule has 10 heteroatoms. The van der Waals surface area contributed by atoms with Gasteiger partial charge in [-0.3, -0.25) is 29.1 Å². The third-order valence-electron chi connectivity index (χ3n) is 5.71. The second-order valence-electron chi connectivity index (χ2n) is 7.96. The van der Waals surface area contributed by atoms with Crippen molar-refractivity contribution < 1.29 is 14.4 Å². The number of anilines is 1. The third kappa shape index (κ3) is 3.75. The quantitative estimate of drug-likeness (QED) is 0.426. The molecule has 0 saturated carbocycles. The Morgan fingerprint density at radius 2 is 1.62 bits per heavy atom. The Labute approximate surface area is 193 Å². The number of fused-ring (bicyclic) bond motifs is 2. The lowest BCUT2D eigenvalue weighted by Crippen LogP contribution is -2.45. The minimum atomic E-state index is -1.11. The zero-order valence-electron chi connectivity index (χ0n) is 18.2. The summed E-state index contributed by atoms with van der Waals surface area (Å²) in [4.78, 5) is 58.4. The van der Waals surface area contributed by atoms with Crippen LogP contribution in [0.5, 0.6) is 0 Å². The molecule has 2 aromatic carbocycles. The Hall–Kier alpha value is -4.60. The summed E-state index contributed by atoms with van der Waals surface area (Å²) in [5, 5.41) is 7.03. The number of H-pyrrole nitrogens is 1. The van der Waals surface area contributed by atoms with E-state index in [-0.39, 0.29) is 22.7 Å². The topological polar surface area (TPSA) is 130 Å². The largest absolute Gasteiger partial charge is 0.309 e. The second kappa shape index (κ2) is 8.39. The van der Waals surface area contributed by atoms with Crippen LogP contribution in [0.4, 0.5) is 5.82 Å². The Kier molecular flexibility index (Phi) is 5.25. The maximum atomic E-state index is 13.0. The summed E-state index contributed by atoms with van der Waals surface area (Å²) in [5.74, 6) is -0.950. The van der Waals surface area contributed by atoms with Gasteiger partial charge in [0.25, 0.3) is 17.4 Å². The van der Waals surface area contributed by atoms with E-state index in [0.29, 0.717) is 18.7 Å². The van der Waals surface area contributed by atoms with Crippen LogP contribution in [-0.4, -0.2) is 48.2 Å². The van der Waals surface area contributed by atoms with Gasteiger partial charge in [0.1, 0.15) is 11.9 Å². The zero-order chi connectivity index (χ0) is 23.8. The van der Waals surface area contributed by atoms with Gasteiger partial charge in [0.15, 0.2) is 5.82 Å². The smallest absolute Gasteiger partial charge is 0.262 e. The molecule has 0 unspecified atom stereocenters. The number of rotatable bonds is 6. The van der Waals surface area contributed by atoms with Crippen LogP contribution in [0, 0.1) is 0 Å². The molecule has 1 atom stereocenters.